The summed E-state index contributed by atoms with van der Waals surface area (Å²) in [4.78, 5) is 26.2. The molecule has 1 N–H and O–H groups in total. The summed E-state index contributed by atoms with van der Waals surface area (Å²) in [5, 5.41) is 3.22. The molecule has 0 bridgehead atoms. The minimum atomic E-state index is -0.308. The Morgan fingerprint density at radius 3 is 2.77 bits per heavy atom. The second kappa shape index (κ2) is 8.67. The van der Waals surface area contributed by atoms with Crippen molar-refractivity contribution in [1.29, 1.82) is 0 Å². The highest BCUT2D eigenvalue weighted by Gasteiger charge is 2.31. The van der Waals surface area contributed by atoms with Gasteiger partial charge in [0.1, 0.15) is 12.1 Å². The van der Waals surface area contributed by atoms with E-state index in [2.05, 4.69) is 39.3 Å². The lowest BCUT2D eigenvalue weighted by Crippen LogP contribution is -2.54. The largest absolute Gasteiger partial charge is 0.353 e. The highest BCUT2D eigenvalue weighted by molar-refractivity contribution is 6.25. The zero-order valence-electron chi connectivity index (χ0n) is 18.2. The van der Waals surface area contributed by atoms with Crippen LogP contribution in [0.2, 0.25) is 0 Å². The van der Waals surface area contributed by atoms with Crippen LogP contribution in [0.3, 0.4) is 0 Å². The summed E-state index contributed by atoms with van der Waals surface area (Å²) >= 11 is 6.36. The second-order valence-electron chi connectivity index (χ2n) is 8.95. The van der Waals surface area contributed by atoms with Crippen molar-refractivity contribution < 1.29 is 4.79 Å². The van der Waals surface area contributed by atoms with Crippen molar-refractivity contribution in [1.82, 2.24) is 20.2 Å². The monoisotopic (exact) mass is 429 g/mol. The van der Waals surface area contributed by atoms with E-state index in [-0.39, 0.29) is 16.8 Å². The molecule has 162 valence electrons. The molecule has 1 saturated heterocycles. The molecule has 0 radical (unpaired) electrons. The third-order valence-corrected chi connectivity index (χ3v) is 6.92. The molecule has 2 unspecified atom stereocenters. The maximum atomic E-state index is 13.2. The Morgan fingerprint density at radius 2 is 2.10 bits per heavy atom. The first kappa shape index (κ1) is 21.3. The molecule has 2 heterocycles. The Labute approximate surface area is 184 Å². The lowest BCUT2D eigenvalue weighted by atomic mass is 9.93. The molecule has 3 aliphatic rings. The van der Waals surface area contributed by atoms with Crippen LogP contribution in [-0.4, -0.2) is 64.9 Å². The lowest BCUT2D eigenvalue weighted by molar-refractivity contribution is -0.133. The van der Waals surface area contributed by atoms with Gasteiger partial charge in [0.2, 0.25) is 5.91 Å². The van der Waals surface area contributed by atoms with Crippen molar-refractivity contribution in [3.8, 4) is 0 Å². The third-order valence-electron chi connectivity index (χ3n) is 6.64. The molecular weight excluding hydrogens is 398 g/mol. The summed E-state index contributed by atoms with van der Waals surface area (Å²) in [6, 6.07) is -0.213. The number of hydrogen-bond acceptors (Lipinski definition) is 5. The first-order valence-corrected chi connectivity index (χ1v) is 11.4. The van der Waals surface area contributed by atoms with Gasteiger partial charge in [0, 0.05) is 37.4 Å². The van der Waals surface area contributed by atoms with E-state index in [1.807, 2.05) is 24.9 Å². The number of rotatable bonds is 5. The lowest BCUT2D eigenvalue weighted by Gasteiger charge is -2.38. The zero-order valence-corrected chi connectivity index (χ0v) is 19.0. The normalized spacial score (nSPS) is 27.1. The molecule has 1 aromatic heterocycles. The number of aromatic nitrogens is 2. The number of nitrogens with one attached hydrogen (secondary N) is 1. The van der Waals surface area contributed by atoms with Crippen LogP contribution < -0.4 is 10.2 Å². The summed E-state index contributed by atoms with van der Waals surface area (Å²) in [5.41, 5.74) is 3.68. The Hall–Kier alpha value is -1.92. The third kappa shape index (κ3) is 4.40. The predicted octanol–water partition coefficient (Wildman–Crippen LogP) is 3.04. The number of hydrogen-bond donors (Lipinski definition) is 1. The molecule has 7 heteroatoms. The van der Waals surface area contributed by atoms with E-state index in [9.17, 15) is 4.79 Å². The molecule has 1 amide bonds. The molecule has 0 aromatic carbocycles. The Bertz CT molecular complexity index is 857. The number of fused-ring (bicyclic) bond motifs is 1. The van der Waals surface area contributed by atoms with Gasteiger partial charge in [-0.15, -0.1) is 11.6 Å². The summed E-state index contributed by atoms with van der Waals surface area (Å²) < 4.78 is 0. The fraction of sp³-hybridized carbons (Fsp3) is 0.609. The van der Waals surface area contributed by atoms with Crippen LogP contribution in [0.15, 0.2) is 30.1 Å². The molecular formula is C23H32ClN5O. The number of amides is 1. The van der Waals surface area contributed by atoms with Crippen LogP contribution in [0.5, 0.6) is 0 Å². The number of nitrogens with zero attached hydrogens (tertiary/aromatic N) is 4. The van der Waals surface area contributed by atoms with Crippen LogP contribution in [0, 0.1) is 0 Å². The van der Waals surface area contributed by atoms with E-state index in [0.29, 0.717) is 12.3 Å². The molecule has 3 atom stereocenters. The van der Waals surface area contributed by atoms with E-state index >= 15 is 0 Å². The molecule has 1 fully saturated rings. The van der Waals surface area contributed by atoms with Gasteiger partial charge in [0.25, 0.3) is 0 Å². The topological polar surface area (TPSA) is 61.4 Å². The minimum absolute atomic E-state index is 0.173. The highest BCUT2D eigenvalue weighted by Crippen LogP contribution is 2.37. The second-order valence-corrected chi connectivity index (χ2v) is 9.81. The summed E-state index contributed by atoms with van der Waals surface area (Å²) in [7, 11) is 1.86. The van der Waals surface area contributed by atoms with Crippen molar-refractivity contribution >= 4 is 23.3 Å². The van der Waals surface area contributed by atoms with Gasteiger partial charge >= 0.3 is 0 Å². The fourth-order valence-corrected chi connectivity index (χ4v) is 4.82. The van der Waals surface area contributed by atoms with Crippen LogP contribution in [0.4, 0.5) is 5.82 Å². The van der Waals surface area contributed by atoms with Crippen molar-refractivity contribution in [3.05, 3.63) is 41.4 Å². The molecule has 30 heavy (non-hydrogen) atoms. The number of allylic oxidation sites excluding steroid dienone is 3. The van der Waals surface area contributed by atoms with Crippen LogP contribution in [0.25, 0.3) is 0 Å². The number of alkyl halides is 1. The number of anilines is 1. The number of carbonyl (C=O) groups excluding carboxylic acids is 1. The first-order chi connectivity index (χ1) is 14.4. The van der Waals surface area contributed by atoms with Gasteiger partial charge in [-0.2, -0.15) is 0 Å². The van der Waals surface area contributed by atoms with Gasteiger partial charge in [-0.1, -0.05) is 30.7 Å². The first-order valence-electron chi connectivity index (χ1n) is 11.0. The standard InChI is InChI=1S/C23H32ClN5O/c1-16-4-5-18-20(16)21(27-15-26-18)28-10-12-29(13-11-28)22(30)19(25-3)14-17-6-8-23(2,24)9-7-17/h6-8,15-16,19,25H,4-5,9-14H2,1-3H3/t16-,19?,23?/m1/s1. The zero-order chi connectivity index (χ0) is 21.3. The number of likely N-dealkylation sites (N-methyl/N-ethyl adjacent to an activating group) is 1. The quantitative estimate of drug-likeness (QED) is 0.729. The fourth-order valence-electron chi connectivity index (χ4n) is 4.68. The minimum Gasteiger partial charge on any atom is -0.353 e. The maximum Gasteiger partial charge on any atom is 0.240 e. The molecule has 1 aromatic rings. The van der Waals surface area contributed by atoms with Crippen molar-refractivity contribution in [2.24, 2.45) is 0 Å². The molecule has 0 spiro atoms. The van der Waals surface area contributed by atoms with Gasteiger partial charge in [-0.05, 0) is 45.6 Å². The number of carbonyl (C=O) groups is 1. The van der Waals surface area contributed by atoms with Gasteiger partial charge < -0.3 is 15.1 Å². The van der Waals surface area contributed by atoms with Gasteiger partial charge in [0.05, 0.1) is 10.9 Å². The Kier molecular flexibility index (Phi) is 6.16. The van der Waals surface area contributed by atoms with Gasteiger partial charge in [0.15, 0.2) is 0 Å². The van der Waals surface area contributed by atoms with Crippen LogP contribution in [0.1, 0.15) is 50.3 Å². The highest BCUT2D eigenvalue weighted by atomic mass is 35.5. The smallest absolute Gasteiger partial charge is 0.240 e. The SMILES string of the molecule is CNC(CC1=CCC(C)(Cl)C=C1)C(=O)N1CCN(c2ncnc3c2[C@H](C)CC3)CC1. The summed E-state index contributed by atoms with van der Waals surface area (Å²) in [6.07, 6.45) is 11.6. The predicted molar refractivity (Wildman–Crippen MR) is 121 cm³/mol. The van der Waals surface area contributed by atoms with Crippen molar-refractivity contribution in [2.75, 3.05) is 38.1 Å². The van der Waals surface area contributed by atoms with E-state index in [1.165, 1.54) is 16.8 Å². The van der Waals surface area contributed by atoms with Crippen LogP contribution >= 0.6 is 11.6 Å². The van der Waals surface area contributed by atoms with Gasteiger partial charge in [-0.25, -0.2) is 9.97 Å². The van der Waals surface area contributed by atoms with E-state index in [0.717, 1.165) is 51.3 Å². The molecule has 1 aliphatic heterocycles. The van der Waals surface area contributed by atoms with Gasteiger partial charge in [-0.3, -0.25) is 4.79 Å². The maximum absolute atomic E-state index is 13.2. The molecule has 6 nitrogen and oxygen atoms in total. The number of halogens is 1. The summed E-state index contributed by atoms with van der Waals surface area (Å²) in [5.74, 6) is 1.76. The molecule has 2 aliphatic carbocycles. The summed E-state index contributed by atoms with van der Waals surface area (Å²) in [6.45, 7) is 7.33. The van der Waals surface area contributed by atoms with Crippen LogP contribution in [-0.2, 0) is 11.2 Å². The van der Waals surface area contributed by atoms with Crippen molar-refractivity contribution in [2.45, 2.75) is 56.4 Å². The number of piperazine rings is 1. The molecule has 4 rings (SSSR count). The Balaban J connectivity index is 1.37. The average Bonchev–Trinajstić information content (AvgIpc) is 3.14. The number of aryl methyl sites for hydroxylation is 1. The van der Waals surface area contributed by atoms with E-state index < -0.39 is 0 Å². The van der Waals surface area contributed by atoms with E-state index in [1.54, 1.807) is 6.33 Å². The average molecular weight is 430 g/mol. The molecule has 0 saturated carbocycles. The Morgan fingerprint density at radius 1 is 1.33 bits per heavy atom. The van der Waals surface area contributed by atoms with E-state index in [4.69, 9.17) is 11.6 Å². The van der Waals surface area contributed by atoms with Crippen molar-refractivity contribution in [3.63, 3.8) is 0 Å².